The van der Waals surface area contributed by atoms with Gasteiger partial charge in [-0.25, -0.2) is 4.98 Å². The van der Waals surface area contributed by atoms with Crippen LogP contribution in [0.1, 0.15) is 6.92 Å². The summed E-state index contributed by atoms with van der Waals surface area (Å²) in [5, 5.41) is 16.0. The van der Waals surface area contributed by atoms with E-state index in [0.717, 1.165) is 5.56 Å². The number of halogens is 3. The van der Waals surface area contributed by atoms with Crippen LogP contribution in [0, 0.1) is 0 Å². The van der Waals surface area contributed by atoms with Crippen molar-refractivity contribution in [3.8, 4) is 22.8 Å². The number of hydrogen-bond acceptors (Lipinski definition) is 8. The number of methoxy groups -OCH3 is 2. The molecule has 0 fully saturated rings. The number of hydrogen-bond donors (Lipinski definition) is 2. The number of alkyl halides is 3. The molecule has 2 aromatic heterocycles. The first kappa shape index (κ1) is 27.6. The first-order valence-electron chi connectivity index (χ1n) is 11.8. The lowest BCUT2D eigenvalue weighted by atomic mass is 10.1. The molecule has 10 nitrogen and oxygen atoms in total. The van der Waals surface area contributed by atoms with Gasteiger partial charge in [-0.2, -0.15) is 18.3 Å². The maximum absolute atomic E-state index is 13.1. The predicted molar refractivity (Wildman–Crippen MR) is 138 cm³/mol. The zero-order chi connectivity index (χ0) is 28.4. The summed E-state index contributed by atoms with van der Waals surface area (Å²) in [6, 6.07) is 10.4. The average Bonchev–Trinajstić information content (AvgIpc) is 3.35. The van der Waals surface area contributed by atoms with Crippen molar-refractivity contribution in [1.82, 2.24) is 25.1 Å². The molecular formula is C26H27F3N6O4. The summed E-state index contributed by atoms with van der Waals surface area (Å²) in [6.07, 6.45) is 0.00581. The van der Waals surface area contributed by atoms with E-state index >= 15 is 0 Å². The number of aliphatic hydroxyl groups is 1. The number of anilines is 2. The number of carbonyl (C=O) groups is 1. The molecule has 13 heteroatoms. The summed E-state index contributed by atoms with van der Waals surface area (Å²) in [5.41, 5.74) is 0.265. The van der Waals surface area contributed by atoms with Crippen molar-refractivity contribution in [2.75, 3.05) is 32.2 Å². The van der Waals surface area contributed by atoms with Crippen LogP contribution in [0.15, 0.2) is 55.0 Å². The number of nitrogens with zero attached hydrogens (tertiary/aromatic N) is 5. The van der Waals surface area contributed by atoms with E-state index in [1.807, 2.05) is 6.20 Å². The van der Waals surface area contributed by atoms with Gasteiger partial charge in [-0.15, -0.1) is 0 Å². The van der Waals surface area contributed by atoms with Crippen molar-refractivity contribution in [3.63, 3.8) is 0 Å². The zero-order valence-corrected chi connectivity index (χ0v) is 21.7. The quantitative estimate of drug-likeness (QED) is 0.329. The fraction of sp³-hybridized carbons (Fsp3) is 0.308. The molecule has 1 amide bonds. The van der Waals surface area contributed by atoms with Gasteiger partial charge >= 0.3 is 6.18 Å². The van der Waals surface area contributed by atoms with E-state index in [1.54, 1.807) is 65.4 Å². The summed E-state index contributed by atoms with van der Waals surface area (Å²) in [6.45, 7) is 0.232. The number of aryl methyl sites for hydroxylation is 1. The summed E-state index contributed by atoms with van der Waals surface area (Å²) in [5.74, 6) is -0.584. The molecule has 0 aliphatic rings. The van der Waals surface area contributed by atoms with Crippen molar-refractivity contribution in [3.05, 3.63) is 55.0 Å². The molecule has 1 atom stereocenters. The molecule has 0 radical (unpaired) electrons. The fourth-order valence-electron chi connectivity index (χ4n) is 3.80. The van der Waals surface area contributed by atoms with Gasteiger partial charge in [0.05, 0.1) is 43.3 Å². The molecule has 4 rings (SSSR count). The molecule has 0 aliphatic heterocycles. The monoisotopic (exact) mass is 544 g/mol. The van der Waals surface area contributed by atoms with Crippen molar-refractivity contribution in [2.24, 2.45) is 7.05 Å². The topological polar surface area (TPSA) is 115 Å². The number of aromatic nitrogens is 4. The van der Waals surface area contributed by atoms with Crippen LogP contribution in [0.25, 0.3) is 22.3 Å². The molecule has 1 unspecified atom stereocenters. The molecule has 0 saturated carbocycles. The van der Waals surface area contributed by atoms with Crippen molar-refractivity contribution in [1.29, 1.82) is 0 Å². The van der Waals surface area contributed by atoms with Crippen molar-refractivity contribution >= 4 is 28.3 Å². The highest BCUT2D eigenvalue weighted by Crippen LogP contribution is 2.34. The van der Waals surface area contributed by atoms with E-state index in [0.29, 0.717) is 46.5 Å². The largest absolute Gasteiger partial charge is 0.497 e. The van der Waals surface area contributed by atoms with E-state index in [2.05, 4.69) is 15.4 Å². The number of amides is 1. The minimum Gasteiger partial charge on any atom is -0.497 e. The molecule has 206 valence electrons. The average molecular weight is 545 g/mol. The minimum absolute atomic E-state index is 0.0389. The van der Waals surface area contributed by atoms with Gasteiger partial charge in [0, 0.05) is 61.5 Å². The Hall–Kier alpha value is -4.39. The van der Waals surface area contributed by atoms with Crippen LogP contribution >= 0.6 is 0 Å². The van der Waals surface area contributed by atoms with Crippen LogP contribution in [0.4, 0.5) is 24.5 Å². The Balaban J connectivity index is 1.70. The number of benzene rings is 2. The third-order valence-electron chi connectivity index (χ3n) is 6.10. The number of rotatable bonds is 9. The third-order valence-corrected chi connectivity index (χ3v) is 6.10. The smallest absolute Gasteiger partial charge is 0.426 e. The first-order valence-corrected chi connectivity index (χ1v) is 11.8. The molecule has 0 saturated heterocycles. The molecular weight excluding hydrogens is 517 g/mol. The maximum Gasteiger partial charge on any atom is 0.426 e. The van der Waals surface area contributed by atoms with E-state index in [-0.39, 0.29) is 13.1 Å². The Bertz CT molecular complexity index is 1470. The Morgan fingerprint density at radius 1 is 1.05 bits per heavy atom. The van der Waals surface area contributed by atoms with Crippen molar-refractivity contribution < 1.29 is 32.5 Å². The highest BCUT2D eigenvalue weighted by atomic mass is 19.4. The van der Waals surface area contributed by atoms with E-state index in [4.69, 9.17) is 14.5 Å². The molecule has 39 heavy (non-hydrogen) atoms. The molecule has 2 N–H and O–H groups in total. The highest BCUT2D eigenvalue weighted by Gasteiger charge is 2.55. The van der Waals surface area contributed by atoms with E-state index in [1.165, 1.54) is 14.2 Å². The Morgan fingerprint density at radius 3 is 2.33 bits per heavy atom. The van der Waals surface area contributed by atoms with Gasteiger partial charge in [0.25, 0.3) is 5.91 Å². The van der Waals surface area contributed by atoms with Crippen molar-refractivity contribution in [2.45, 2.75) is 18.7 Å². The normalized spacial score (nSPS) is 13.1. The predicted octanol–water partition coefficient (Wildman–Crippen LogP) is 3.62. The SMILES string of the molecule is COc1cc(OC)cc(N(CCNC(=O)C(C)(O)C(F)(F)F)c2ccc3ncc(-c4cnn(C)c4)nc3c2)c1. The standard InChI is InChI=1S/C26H27F3N6O4/c1-25(37,26(27,28)29)24(36)30-7-8-35(18-9-19(38-3)12-20(10-18)39-4)17-5-6-21-22(11-17)33-23(14-31-21)16-13-32-34(2)15-16/h5-6,9-15,37H,7-8H2,1-4H3,(H,30,36). The van der Waals surface area contributed by atoms with Gasteiger partial charge in [0.15, 0.2) is 0 Å². The van der Waals surface area contributed by atoms with Crippen LogP contribution in [0.2, 0.25) is 0 Å². The molecule has 2 aromatic carbocycles. The first-order chi connectivity index (χ1) is 18.4. The van der Waals surface area contributed by atoms with Crippen LogP contribution in [-0.4, -0.2) is 69.8 Å². The van der Waals surface area contributed by atoms with Gasteiger partial charge in [-0.05, 0) is 25.1 Å². The molecule has 0 bridgehead atoms. The fourth-order valence-corrected chi connectivity index (χ4v) is 3.80. The highest BCUT2D eigenvalue weighted by molar-refractivity contribution is 5.86. The van der Waals surface area contributed by atoms with Gasteiger partial charge < -0.3 is 24.8 Å². The van der Waals surface area contributed by atoms with Gasteiger partial charge in [0.2, 0.25) is 5.60 Å². The Kier molecular flexibility index (Phi) is 7.63. The Morgan fingerprint density at radius 2 is 1.74 bits per heavy atom. The molecule has 2 heterocycles. The zero-order valence-electron chi connectivity index (χ0n) is 21.7. The summed E-state index contributed by atoms with van der Waals surface area (Å²) >= 11 is 0. The summed E-state index contributed by atoms with van der Waals surface area (Å²) < 4.78 is 51.7. The number of carbonyl (C=O) groups excluding carboxylic acids is 1. The Labute approximate surface area is 222 Å². The molecule has 4 aromatic rings. The lowest BCUT2D eigenvalue weighted by molar-refractivity contribution is -0.245. The van der Waals surface area contributed by atoms with E-state index < -0.39 is 17.7 Å². The van der Waals surface area contributed by atoms with Crippen LogP contribution in [0.3, 0.4) is 0 Å². The van der Waals surface area contributed by atoms with Gasteiger partial charge in [-0.1, -0.05) is 0 Å². The minimum atomic E-state index is -5.13. The summed E-state index contributed by atoms with van der Waals surface area (Å²) in [4.78, 5) is 23.1. The van der Waals surface area contributed by atoms with Gasteiger partial charge in [-0.3, -0.25) is 14.5 Å². The van der Waals surface area contributed by atoms with E-state index in [9.17, 15) is 23.1 Å². The second-order valence-electron chi connectivity index (χ2n) is 8.88. The molecule has 0 aliphatic carbocycles. The van der Waals surface area contributed by atoms with Crippen LogP contribution in [0.5, 0.6) is 11.5 Å². The van der Waals surface area contributed by atoms with Crippen LogP contribution in [-0.2, 0) is 11.8 Å². The van der Waals surface area contributed by atoms with Gasteiger partial charge in [0.1, 0.15) is 11.5 Å². The number of nitrogens with one attached hydrogen (secondary N) is 1. The number of ether oxygens (including phenoxy) is 2. The lowest BCUT2D eigenvalue weighted by Gasteiger charge is -2.28. The second kappa shape index (κ2) is 10.8. The maximum atomic E-state index is 13.1. The lowest BCUT2D eigenvalue weighted by Crippen LogP contribution is -2.55. The second-order valence-corrected chi connectivity index (χ2v) is 8.88. The van der Waals surface area contributed by atoms with Crippen LogP contribution < -0.4 is 19.7 Å². The third kappa shape index (κ3) is 5.87. The number of fused-ring (bicyclic) bond motifs is 1. The molecule has 0 spiro atoms. The summed E-state index contributed by atoms with van der Waals surface area (Å²) in [7, 11) is 4.78.